The lowest BCUT2D eigenvalue weighted by molar-refractivity contribution is 0.0686. The molecule has 1 aromatic rings. The summed E-state index contributed by atoms with van der Waals surface area (Å²) < 4.78 is 26.3. The van der Waals surface area contributed by atoms with Crippen LogP contribution in [0.1, 0.15) is 31.9 Å². The minimum absolute atomic E-state index is 0.175. The van der Waals surface area contributed by atoms with E-state index >= 15 is 0 Å². The summed E-state index contributed by atoms with van der Waals surface area (Å²) in [6.45, 7) is 3.23. The molecule has 2 unspecified atom stereocenters. The molecule has 4 heteroatoms. The van der Waals surface area contributed by atoms with E-state index in [0.29, 0.717) is 6.42 Å². The lowest BCUT2D eigenvalue weighted by Crippen LogP contribution is -2.24. The first-order chi connectivity index (χ1) is 7.44. The maximum Gasteiger partial charge on any atom is 0.129 e. The molecule has 0 fully saturated rings. The zero-order valence-electron chi connectivity index (χ0n) is 9.17. The summed E-state index contributed by atoms with van der Waals surface area (Å²) in [4.78, 5) is 0. The number of hydrogen-bond donors (Lipinski definition) is 1. The van der Waals surface area contributed by atoms with Crippen molar-refractivity contribution in [1.82, 2.24) is 0 Å². The quantitative estimate of drug-likeness (QED) is 0.859. The van der Waals surface area contributed by atoms with Gasteiger partial charge in [0.15, 0.2) is 0 Å². The van der Waals surface area contributed by atoms with E-state index in [1.165, 1.54) is 6.92 Å². The lowest BCUT2D eigenvalue weighted by Gasteiger charge is -2.26. The van der Waals surface area contributed by atoms with Crippen LogP contribution in [0, 0.1) is 28.4 Å². The smallest absolute Gasteiger partial charge is 0.129 e. The monoisotopic (exact) mass is 225 g/mol. The molecule has 0 aliphatic rings. The molecule has 1 aromatic carbocycles. The van der Waals surface area contributed by atoms with Gasteiger partial charge in [0, 0.05) is 5.56 Å². The van der Waals surface area contributed by atoms with E-state index in [1.54, 1.807) is 6.92 Å². The Morgan fingerprint density at radius 1 is 1.50 bits per heavy atom. The van der Waals surface area contributed by atoms with Crippen molar-refractivity contribution in [3.63, 3.8) is 0 Å². The Morgan fingerprint density at radius 2 is 2.12 bits per heavy atom. The fourth-order valence-electron chi connectivity index (χ4n) is 1.40. The molecule has 0 aromatic heterocycles. The molecule has 0 spiro atoms. The number of aliphatic hydroxyl groups is 1. The molecule has 0 heterocycles. The normalized spacial score (nSPS) is 16.2. The maximum atomic E-state index is 13.4. The van der Waals surface area contributed by atoms with Gasteiger partial charge in [0.1, 0.15) is 17.7 Å². The highest BCUT2D eigenvalue weighted by Gasteiger charge is 2.34. The number of nitriles is 1. The van der Waals surface area contributed by atoms with Crippen LogP contribution in [0.2, 0.25) is 0 Å². The van der Waals surface area contributed by atoms with Crippen molar-refractivity contribution >= 4 is 0 Å². The van der Waals surface area contributed by atoms with Gasteiger partial charge in [0.05, 0.1) is 11.5 Å². The summed E-state index contributed by atoms with van der Waals surface area (Å²) in [5, 5.41) is 18.9. The van der Waals surface area contributed by atoms with Crippen LogP contribution in [0.15, 0.2) is 18.2 Å². The SMILES string of the molecule is CCC(C)(C#N)C(O)c1cc(F)ccc1F. The second-order valence-corrected chi connectivity index (χ2v) is 3.95. The first-order valence-electron chi connectivity index (χ1n) is 4.99. The number of hydrogen-bond acceptors (Lipinski definition) is 2. The van der Waals surface area contributed by atoms with Crippen molar-refractivity contribution in [1.29, 1.82) is 5.26 Å². The molecule has 1 N–H and O–H groups in total. The fourth-order valence-corrected chi connectivity index (χ4v) is 1.40. The molecule has 86 valence electrons. The third kappa shape index (κ3) is 2.20. The molecule has 0 saturated carbocycles. The molecule has 1 rings (SSSR count). The second kappa shape index (κ2) is 4.58. The van der Waals surface area contributed by atoms with Crippen LogP contribution >= 0.6 is 0 Å². The summed E-state index contributed by atoms with van der Waals surface area (Å²) in [6.07, 6.45) is -0.987. The van der Waals surface area contributed by atoms with Gasteiger partial charge in [-0.1, -0.05) is 6.92 Å². The minimum atomic E-state index is -1.34. The first-order valence-corrected chi connectivity index (χ1v) is 4.99. The van der Waals surface area contributed by atoms with Crippen LogP contribution < -0.4 is 0 Å². The molecule has 0 bridgehead atoms. The Hall–Kier alpha value is -1.47. The first kappa shape index (κ1) is 12.6. The molecule has 0 amide bonds. The predicted molar refractivity (Wildman–Crippen MR) is 55.3 cm³/mol. The summed E-state index contributed by atoms with van der Waals surface area (Å²) in [5.74, 6) is -1.34. The zero-order valence-corrected chi connectivity index (χ0v) is 9.17. The van der Waals surface area contributed by atoms with Gasteiger partial charge in [-0.2, -0.15) is 5.26 Å². The average Bonchev–Trinajstić information content (AvgIpc) is 2.30. The number of aliphatic hydroxyl groups excluding tert-OH is 1. The van der Waals surface area contributed by atoms with E-state index in [1.807, 2.05) is 6.07 Å². The Morgan fingerprint density at radius 3 is 2.62 bits per heavy atom. The summed E-state index contributed by atoms with van der Waals surface area (Å²) in [7, 11) is 0. The van der Waals surface area contributed by atoms with Crippen LogP contribution in [0.25, 0.3) is 0 Å². The van der Waals surface area contributed by atoms with Gasteiger partial charge < -0.3 is 5.11 Å². The van der Waals surface area contributed by atoms with Crippen molar-refractivity contribution in [3.05, 3.63) is 35.4 Å². The summed E-state index contributed by atoms with van der Waals surface area (Å²) in [6, 6.07) is 4.78. The van der Waals surface area contributed by atoms with Gasteiger partial charge in [0.2, 0.25) is 0 Å². The van der Waals surface area contributed by atoms with Crippen LogP contribution in [0.3, 0.4) is 0 Å². The molecule has 16 heavy (non-hydrogen) atoms. The van der Waals surface area contributed by atoms with Crippen LogP contribution in [0.5, 0.6) is 0 Å². The third-order valence-electron chi connectivity index (χ3n) is 2.85. The van der Waals surface area contributed by atoms with Gasteiger partial charge in [-0.3, -0.25) is 0 Å². The van der Waals surface area contributed by atoms with E-state index in [9.17, 15) is 13.9 Å². The van der Waals surface area contributed by atoms with E-state index in [4.69, 9.17) is 5.26 Å². The van der Waals surface area contributed by atoms with Crippen molar-refractivity contribution in [2.24, 2.45) is 5.41 Å². The van der Waals surface area contributed by atoms with Gasteiger partial charge >= 0.3 is 0 Å². The minimum Gasteiger partial charge on any atom is -0.387 e. The van der Waals surface area contributed by atoms with Crippen molar-refractivity contribution < 1.29 is 13.9 Å². The molecular formula is C12H13F2NO. The van der Waals surface area contributed by atoms with E-state index in [-0.39, 0.29) is 5.56 Å². The highest BCUT2D eigenvalue weighted by molar-refractivity contribution is 5.24. The second-order valence-electron chi connectivity index (χ2n) is 3.95. The topological polar surface area (TPSA) is 44.0 Å². The molecular weight excluding hydrogens is 212 g/mol. The van der Waals surface area contributed by atoms with Crippen molar-refractivity contribution in [3.8, 4) is 6.07 Å². The highest BCUT2D eigenvalue weighted by Crippen LogP contribution is 2.37. The molecule has 2 nitrogen and oxygen atoms in total. The number of benzene rings is 1. The molecule has 2 atom stereocenters. The average molecular weight is 225 g/mol. The van der Waals surface area contributed by atoms with Gasteiger partial charge in [-0.15, -0.1) is 0 Å². The lowest BCUT2D eigenvalue weighted by atomic mass is 9.80. The zero-order chi connectivity index (χ0) is 12.3. The van der Waals surface area contributed by atoms with E-state index in [2.05, 4.69) is 0 Å². The highest BCUT2D eigenvalue weighted by atomic mass is 19.1. The predicted octanol–water partition coefficient (Wildman–Crippen LogP) is 2.94. The number of rotatable bonds is 3. The largest absolute Gasteiger partial charge is 0.387 e. The van der Waals surface area contributed by atoms with Gasteiger partial charge in [-0.05, 0) is 31.5 Å². The standard InChI is InChI=1S/C12H13F2NO/c1-3-12(2,7-15)11(16)9-6-8(13)4-5-10(9)14/h4-6,11,16H,3H2,1-2H3. The Labute approximate surface area is 93.1 Å². The van der Waals surface area contributed by atoms with Gasteiger partial charge in [-0.25, -0.2) is 8.78 Å². The van der Waals surface area contributed by atoms with E-state index in [0.717, 1.165) is 18.2 Å². The van der Waals surface area contributed by atoms with Gasteiger partial charge in [0.25, 0.3) is 0 Å². The molecule has 0 aliphatic carbocycles. The number of halogens is 2. The van der Waals surface area contributed by atoms with Crippen LogP contribution in [-0.2, 0) is 0 Å². The van der Waals surface area contributed by atoms with E-state index < -0.39 is 23.2 Å². The van der Waals surface area contributed by atoms with Crippen LogP contribution in [0.4, 0.5) is 8.78 Å². The summed E-state index contributed by atoms with van der Waals surface area (Å²) in [5.41, 5.74) is -1.29. The maximum absolute atomic E-state index is 13.4. The Balaban J connectivity index is 3.19. The molecule has 0 aliphatic heterocycles. The molecule has 0 radical (unpaired) electrons. The molecule has 0 saturated heterocycles. The number of nitrogens with zero attached hydrogens (tertiary/aromatic N) is 1. The van der Waals surface area contributed by atoms with Crippen molar-refractivity contribution in [2.45, 2.75) is 26.4 Å². The van der Waals surface area contributed by atoms with Crippen LogP contribution in [-0.4, -0.2) is 5.11 Å². The Bertz CT molecular complexity index is 428. The third-order valence-corrected chi connectivity index (χ3v) is 2.85. The van der Waals surface area contributed by atoms with Crippen molar-refractivity contribution in [2.75, 3.05) is 0 Å². The fraction of sp³-hybridized carbons (Fsp3) is 0.417. The summed E-state index contributed by atoms with van der Waals surface area (Å²) >= 11 is 0. The Kier molecular flexibility index (Phi) is 3.61.